The van der Waals surface area contributed by atoms with Gasteiger partial charge in [0.2, 0.25) is 0 Å². The molecular formula is C52H41N. The molecule has 5 aliphatic rings. The van der Waals surface area contributed by atoms with Crippen LogP contribution in [0.1, 0.15) is 78.5 Å². The molecule has 0 fully saturated rings. The molecule has 11 rings (SSSR count). The van der Waals surface area contributed by atoms with Gasteiger partial charge >= 0.3 is 0 Å². The van der Waals surface area contributed by atoms with Crippen molar-refractivity contribution in [3.63, 3.8) is 0 Å². The predicted molar refractivity (Wildman–Crippen MR) is 222 cm³/mol. The molecule has 1 heteroatoms. The molecule has 0 heterocycles. The second-order valence-corrected chi connectivity index (χ2v) is 15.8. The molecule has 1 atom stereocenters. The van der Waals surface area contributed by atoms with E-state index < -0.39 is 0 Å². The minimum Gasteiger partial charge on any atom is -0.310 e. The Morgan fingerprint density at radius 3 is 1.79 bits per heavy atom. The van der Waals surface area contributed by atoms with Crippen molar-refractivity contribution in [2.45, 2.75) is 50.4 Å². The van der Waals surface area contributed by atoms with E-state index in [0.29, 0.717) is 0 Å². The molecule has 0 saturated carbocycles. The van der Waals surface area contributed by atoms with Crippen LogP contribution in [0.2, 0.25) is 0 Å². The Hall–Kier alpha value is -5.92. The third-order valence-electron chi connectivity index (χ3n) is 12.8. The number of rotatable bonds is 4. The minimum absolute atomic E-state index is 0.1000. The van der Waals surface area contributed by atoms with Gasteiger partial charge in [-0.05, 0) is 128 Å². The van der Waals surface area contributed by atoms with Gasteiger partial charge in [0.1, 0.15) is 0 Å². The van der Waals surface area contributed by atoms with E-state index >= 15 is 0 Å². The van der Waals surface area contributed by atoms with E-state index in [-0.39, 0.29) is 10.8 Å². The SMILES string of the molecule is CC1(C)c2ccccc2-c2ccc(N(c3ccc4c(c3)C3(C5=CCCC=C5c5ccccc53)c3ccccc3-4)c3ccccc3C3=CC=CCC3)cc21. The molecule has 6 aromatic carbocycles. The van der Waals surface area contributed by atoms with Gasteiger partial charge in [0.05, 0.1) is 11.1 Å². The molecule has 0 saturated heterocycles. The molecule has 1 spiro atoms. The summed E-state index contributed by atoms with van der Waals surface area (Å²) < 4.78 is 0. The van der Waals surface area contributed by atoms with E-state index in [1.54, 1.807) is 0 Å². The second kappa shape index (κ2) is 11.3. The highest BCUT2D eigenvalue weighted by Gasteiger charge is 2.53. The van der Waals surface area contributed by atoms with Crippen molar-refractivity contribution in [1.82, 2.24) is 0 Å². The standard InChI is InChI=1S/C52H41N/c1-51(2)44-23-11-6-19-38(44)42-30-28-35(32-48(42)51)53(50-27-15-10-18-37(50)34-16-4-3-5-17-34)36-29-31-43-41-22-9-14-26-47(41)52(49(43)33-36)45-24-12-7-20-39(45)40-21-8-13-25-46(40)52/h3-4,6-7,9-12,14-16,18-33H,5,8,13,17H2,1-2H3. The molecule has 53 heavy (non-hydrogen) atoms. The van der Waals surface area contributed by atoms with Crippen LogP contribution in [0.4, 0.5) is 17.1 Å². The second-order valence-electron chi connectivity index (χ2n) is 15.8. The van der Waals surface area contributed by atoms with Crippen LogP contribution in [0, 0.1) is 0 Å². The summed E-state index contributed by atoms with van der Waals surface area (Å²) >= 11 is 0. The first-order valence-electron chi connectivity index (χ1n) is 19.3. The fraction of sp³-hybridized carbons (Fsp3) is 0.154. The Labute approximate surface area is 313 Å². The Balaban J connectivity index is 1.18. The summed E-state index contributed by atoms with van der Waals surface area (Å²) in [5.41, 5.74) is 22.5. The molecule has 6 aromatic rings. The highest BCUT2D eigenvalue weighted by atomic mass is 15.1. The number of hydrogen-bond acceptors (Lipinski definition) is 1. The zero-order valence-electron chi connectivity index (χ0n) is 30.4. The van der Waals surface area contributed by atoms with Crippen molar-refractivity contribution >= 4 is 28.2 Å². The Kier molecular flexibility index (Phi) is 6.54. The van der Waals surface area contributed by atoms with Gasteiger partial charge < -0.3 is 4.90 Å². The zero-order valence-corrected chi connectivity index (χ0v) is 30.4. The number of para-hydroxylation sites is 1. The number of benzene rings is 6. The summed E-state index contributed by atoms with van der Waals surface area (Å²) in [6, 6.07) is 50.9. The minimum atomic E-state index is -0.353. The summed E-state index contributed by atoms with van der Waals surface area (Å²) in [7, 11) is 0. The van der Waals surface area contributed by atoms with E-state index in [0.717, 1.165) is 25.7 Å². The molecule has 0 bridgehead atoms. The number of anilines is 3. The van der Waals surface area contributed by atoms with Gasteiger partial charge in [0.15, 0.2) is 0 Å². The maximum atomic E-state index is 2.55. The van der Waals surface area contributed by atoms with E-state index in [2.05, 4.69) is 183 Å². The number of hydrogen-bond donors (Lipinski definition) is 0. The summed E-state index contributed by atoms with van der Waals surface area (Å²) in [4.78, 5) is 2.55. The van der Waals surface area contributed by atoms with E-state index in [9.17, 15) is 0 Å². The average Bonchev–Trinajstić information content (AvgIpc) is 3.77. The van der Waals surface area contributed by atoms with E-state index in [1.165, 1.54) is 95.0 Å². The van der Waals surface area contributed by atoms with Crippen LogP contribution in [0.5, 0.6) is 0 Å². The zero-order chi connectivity index (χ0) is 35.3. The number of nitrogens with zero attached hydrogens (tertiary/aromatic N) is 1. The van der Waals surface area contributed by atoms with Crippen molar-refractivity contribution in [2.75, 3.05) is 4.90 Å². The molecule has 0 aliphatic heterocycles. The average molecular weight is 680 g/mol. The monoisotopic (exact) mass is 679 g/mol. The largest absolute Gasteiger partial charge is 0.310 e. The van der Waals surface area contributed by atoms with Crippen molar-refractivity contribution in [2.24, 2.45) is 0 Å². The number of allylic oxidation sites excluding steroid dienone is 8. The lowest BCUT2D eigenvalue weighted by atomic mass is 9.69. The van der Waals surface area contributed by atoms with Crippen molar-refractivity contribution in [3.05, 3.63) is 208 Å². The molecule has 0 amide bonds. The lowest BCUT2D eigenvalue weighted by Crippen LogP contribution is -2.26. The van der Waals surface area contributed by atoms with Crippen molar-refractivity contribution < 1.29 is 0 Å². The highest BCUT2D eigenvalue weighted by molar-refractivity contribution is 6.01. The first kappa shape index (κ1) is 30.7. The first-order valence-corrected chi connectivity index (χ1v) is 19.3. The van der Waals surface area contributed by atoms with Crippen LogP contribution < -0.4 is 4.90 Å². The molecule has 1 unspecified atom stereocenters. The van der Waals surface area contributed by atoms with Crippen LogP contribution in [-0.2, 0) is 10.8 Å². The van der Waals surface area contributed by atoms with Gasteiger partial charge in [-0.25, -0.2) is 0 Å². The summed E-state index contributed by atoms with van der Waals surface area (Å²) in [5, 5.41) is 0. The summed E-state index contributed by atoms with van der Waals surface area (Å²) in [6.45, 7) is 4.77. The fourth-order valence-electron chi connectivity index (χ4n) is 10.5. The van der Waals surface area contributed by atoms with Gasteiger partial charge in [-0.2, -0.15) is 0 Å². The van der Waals surface area contributed by atoms with Crippen LogP contribution in [-0.4, -0.2) is 0 Å². The summed E-state index contributed by atoms with van der Waals surface area (Å²) in [6.07, 6.45) is 16.1. The number of fused-ring (bicyclic) bond motifs is 13. The Morgan fingerprint density at radius 1 is 0.491 bits per heavy atom. The van der Waals surface area contributed by atoms with Crippen LogP contribution in [0.25, 0.3) is 33.4 Å². The molecule has 0 aromatic heterocycles. The molecule has 0 N–H and O–H groups in total. The quantitative estimate of drug-likeness (QED) is 0.179. The summed E-state index contributed by atoms with van der Waals surface area (Å²) in [5.74, 6) is 0. The molecule has 0 radical (unpaired) electrons. The maximum absolute atomic E-state index is 2.55. The van der Waals surface area contributed by atoms with Crippen molar-refractivity contribution in [3.8, 4) is 22.3 Å². The molecule has 254 valence electrons. The van der Waals surface area contributed by atoms with Gasteiger partial charge in [0.25, 0.3) is 0 Å². The van der Waals surface area contributed by atoms with Crippen LogP contribution in [0.3, 0.4) is 0 Å². The predicted octanol–water partition coefficient (Wildman–Crippen LogP) is 13.6. The van der Waals surface area contributed by atoms with Crippen LogP contribution >= 0.6 is 0 Å². The first-order chi connectivity index (χ1) is 26.1. The van der Waals surface area contributed by atoms with Gasteiger partial charge in [-0.1, -0.05) is 147 Å². The van der Waals surface area contributed by atoms with Crippen LogP contribution in [0.15, 0.2) is 169 Å². The van der Waals surface area contributed by atoms with Crippen molar-refractivity contribution in [1.29, 1.82) is 0 Å². The third kappa shape index (κ3) is 4.14. The van der Waals surface area contributed by atoms with Gasteiger partial charge in [0, 0.05) is 22.4 Å². The smallest absolute Gasteiger partial charge is 0.0723 e. The lowest BCUT2D eigenvalue weighted by molar-refractivity contribution is 0.660. The molecule has 5 aliphatic carbocycles. The highest BCUT2D eigenvalue weighted by Crippen LogP contribution is 2.65. The fourth-order valence-corrected chi connectivity index (χ4v) is 10.5. The third-order valence-corrected chi connectivity index (χ3v) is 12.8. The van der Waals surface area contributed by atoms with E-state index in [1.807, 2.05) is 0 Å². The Bertz CT molecular complexity index is 2660. The topological polar surface area (TPSA) is 3.24 Å². The normalized spacial score (nSPS) is 19.3. The lowest BCUT2D eigenvalue weighted by Gasteiger charge is -2.34. The Morgan fingerprint density at radius 2 is 1.06 bits per heavy atom. The molecular weight excluding hydrogens is 639 g/mol. The van der Waals surface area contributed by atoms with Gasteiger partial charge in [-0.3, -0.25) is 0 Å². The molecule has 1 nitrogen and oxygen atoms in total. The van der Waals surface area contributed by atoms with Gasteiger partial charge in [-0.15, -0.1) is 0 Å². The van der Waals surface area contributed by atoms with E-state index in [4.69, 9.17) is 0 Å². The maximum Gasteiger partial charge on any atom is 0.0723 e.